The van der Waals surface area contributed by atoms with Crippen molar-refractivity contribution in [1.82, 2.24) is 20.4 Å². The number of nitrogens with zero attached hydrogens (tertiary/aromatic N) is 3. The van der Waals surface area contributed by atoms with Gasteiger partial charge in [0.15, 0.2) is 5.16 Å². The summed E-state index contributed by atoms with van der Waals surface area (Å²) in [5, 5.41) is 0.690. The van der Waals surface area contributed by atoms with Crippen LogP contribution in [0.5, 0.6) is 0 Å². The molecule has 0 fully saturated rings. The standard InChI is InChI=1S/C12H13N5OS/c1-8-5-6-14-12(15-8)19-7-9-3-2-4-10(16-9)11(18)17-13/h2-6H,7,13H2,1H3,(H,17,18). The molecular formula is C12H13N5OS. The van der Waals surface area contributed by atoms with Gasteiger partial charge in [0.25, 0.3) is 5.91 Å². The largest absolute Gasteiger partial charge is 0.289 e. The topological polar surface area (TPSA) is 93.8 Å². The number of hydrogen-bond acceptors (Lipinski definition) is 6. The van der Waals surface area contributed by atoms with E-state index in [-0.39, 0.29) is 0 Å². The molecule has 0 saturated carbocycles. The number of nitrogens with two attached hydrogens (primary N) is 1. The van der Waals surface area contributed by atoms with Gasteiger partial charge in [0.2, 0.25) is 0 Å². The van der Waals surface area contributed by atoms with E-state index in [2.05, 4.69) is 20.4 Å². The Morgan fingerprint density at radius 1 is 1.37 bits per heavy atom. The van der Waals surface area contributed by atoms with Gasteiger partial charge in [-0.1, -0.05) is 17.8 Å². The van der Waals surface area contributed by atoms with Crippen LogP contribution < -0.4 is 11.3 Å². The molecule has 2 aromatic rings. The first-order chi connectivity index (χ1) is 9.19. The van der Waals surface area contributed by atoms with Crippen LogP contribution in [0.3, 0.4) is 0 Å². The molecule has 98 valence electrons. The van der Waals surface area contributed by atoms with Gasteiger partial charge in [0.1, 0.15) is 5.69 Å². The van der Waals surface area contributed by atoms with Crippen molar-refractivity contribution in [1.29, 1.82) is 0 Å². The zero-order valence-electron chi connectivity index (χ0n) is 10.3. The van der Waals surface area contributed by atoms with Crippen molar-refractivity contribution < 1.29 is 4.79 Å². The molecule has 0 unspecified atom stereocenters. The average Bonchev–Trinajstić information content (AvgIpc) is 2.45. The Morgan fingerprint density at radius 2 is 2.21 bits per heavy atom. The molecule has 0 saturated heterocycles. The highest BCUT2D eigenvalue weighted by Crippen LogP contribution is 2.17. The second kappa shape index (κ2) is 6.26. The number of carbonyl (C=O) groups is 1. The molecule has 0 aliphatic carbocycles. The number of thioether (sulfide) groups is 1. The molecular weight excluding hydrogens is 262 g/mol. The zero-order chi connectivity index (χ0) is 13.7. The van der Waals surface area contributed by atoms with Gasteiger partial charge in [0.05, 0.1) is 5.69 Å². The molecule has 7 heteroatoms. The van der Waals surface area contributed by atoms with E-state index in [0.29, 0.717) is 16.6 Å². The summed E-state index contributed by atoms with van der Waals surface area (Å²) in [5.41, 5.74) is 4.05. The molecule has 2 aromatic heterocycles. The fourth-order valence-electron chi connectivity index (χ4n) is 1.39. The molecule has 3 N–H and O–H groups in total. The van der Waals surface area contributed by atoms with Crippen molar-refractivity contribution in [2.75, 3.05) is 0 Å². The highest BCUT2D eigenvalue weighted by molar-refractivity contribution is 7.98. The third kappa shape index (κ3) is 3.73. The van der Waals surface area contributed by atoms with Crippen LogP contribution in [0.1, 0.15) is 21.9 Å². The molecule has 0 aliphatic heterocycles. The number of carbonyl (C=O) groups excluding carboxylic acids is 1. The fraction of sp³-hybridized carbons (Fsp3) is 0.167. The lowest BCUT2D eigenvalue weighted by Crippen LogP contribution is -2.30. The highest BCUT2D eigenvalue weighted by Gasteiger charge is 2.06. The lowest BCUT2D eigenvalue weighted by molar-refractivity contribution is 0.0948. The molecule has 0 aliphatic rings. The van der Waals surface area contributed by atoms with Gasteiger partial charge < -0.3 is 0 Å². The van der Waals surface area contributed by atoms with E-state index < -0.39 is 5.91 Å². The smallest absolute Gasteiger partial charge is 0.283 e. The lowest BCUT2D eigenvalue weighted by Gasteiger charge is -2.03. The van der Waals surface area contributed by atoms with Crippen LogP contribution in [-0.4, -0.2) is 20.9 Å². The fourth-order valence-corrected chi connectivity index (χ4v) is 2.18. The number of nitrogen functional groups attached to an aromatic ring is 1. The quantitative estimate of drug-likeness (QED) is 0.285. The molecule has 0 atom stereocenters. The maximum atomic E-state index is 11.4. The van der Waals surface area contributed by atoms with Gasteiger partial charge >= 0.3 is 0 Å². The summed E-state index contributed by atoms with van der Waals surface area (Å²) in [4.78, 5) is 24.0. The number of amides is 1. The third-order valence-electron chi connectivity index (χ3n) is 2.29. The lowest BCUT2D eigenvalue weighted by atomic mass is 10.3. The van der Waals surface area contributed by atoms with E-state index in [4.69, 9.17) is 5.84 Å². The Hall–Kier alpha value is -1.99. The summed E-state index contributed by atoms with van der Waals surface area (Å²) in [7, 11) is 0. The normalized spacial score (nSPS) is 10.2. The minimum absolute atomic E-state index is 0.297. The van der Waals surface area contributed by atoms with Crippen LogP contribution in [0.15, 0.2) is 35.6 Å². The maximum Gasteiger partial charge on any atom is 0.283 e. The summed E-state index contributed by atoms with van der Waals surface area (Å²) in [6, 6.07) is 7.06. The first-order valence-corrected chi connectivity index (χ1v) is 6.57. The van der Waals surface area contributed by atoms with E-state index in [1.807, 2.05) is 19.1 Å². The number of nitrogens with one attached hydrogen (secondary N) is 1. The van der Waals surface area contributed by atoms with Gasteiger partial charge in [0, 0.05) is 17.6 Å². The third-order valence-corrected chi connectivity index (χ3v) is 3.19. The Bertz CT molecular complexity index is 590. The van der Waals surface area contributed by atoms with Crippen LogP contribution in [0.2, 0.25) is 0 Å². The number of rotatable bonds is 4. The Balaban J connectivity index is 2.05. The van der Waals surface area contributed by atoms with Gasteiger partial charge in [-0.3, -0.25) is 10.2 Å². The minimum atomic E-state index is -0.404. The number of aromatic nitrogens is 3. The van der Waals surface area contributed by atoms with Gasteiger partial charge in [-0.25, -0.2) is 20.8 Å². The van der Waals surface area contributed by atoms with Crippen LogP contribution >= 0.6 is 11.8 Å². The molecule has 0 radical (unpaired) electrons. The molecule has 2 heterocycles. The number of hydrazine groups is 1. The second-order valence-electron chi connectivity index (χ2n) is 3.76. The zero-order valence-corrected chi connectivity index (χ0v) is 11.1. The van der Waals surface area contributed by atoms with Gasteiger partial charge in [-0.05, 0) is 25.1 Å². The molecule has 19 heavy (non-hydrogen) atoms. The minimum Gasteiger partial charge on any atom is -0.289 e. The van der Waals surface area contributed by atoms with E-state index in [0.717, 1.165) is 11.4 Å². The Labute approximate surface area is 114 Å². The van der Waals surface area contributed by atoms with E-state index >= 15 is 0 Å². The number of hydrogen-bond donors (Lipinski definition) is 2. The summed E-state index contributed by atoms with van der Waals surface area (Å²) >= 11 is 1.47. The van der Waals surface area contributed by atoms with Crippen LogP contribution in [0.4, 0.5) is 0 Å². The van der Waals surface area contributed by atoms with Crippen molar-refractivity contribution in [3.8, 4) is 0 Å². The van der Waals surface area contributed by atoms with Gasteiger partial charge in [-0.15, -0.1) is 0 Å². The van der Waals surface area contributed by atoms with Crippen molar-refractivity contribution >= 4 is 17.7 Å². The molecule has 1 amide bonds. The van der Waals surface area contributed by atoms with Crippen molar-refractivity contribution in [2.45, 2.75) is 17.8 Å². The molecule has 0 aromatic carbocycles. The maximum absolute atomic E-state index is 11.4. The van der Waals surface area contributed by atoms with E-state index in [1.54, 1.807) is 18.3 Å². The predicted molar refractivity (Wildman–Crippen MR) is 72.2 cm³/mol. The molecule has 6 nitrogen and oxygen atoms in total. The predicted octanol–water partition coefficient (Wildman–Crippen LogP) is 1.08. The van der Waals surface area contributed by atoms with Crippen molar-refractivity contribution in [2.24, 2.45) is 5.84 Å². The molecule has 0 spiro atoms. The summed E-state index contributed by atoms with van der Waals surface area (Å²) in [6.07, 6.45) is 1.72. The number of pyridine rings is 1. The first kappa shape index (κ1) is 13.4. The van der Waals surface area contributed by atoms with Crippen molar-refractivity contribution in [3.63, 3.8) is 0 Å². The van der Waals surface area contributed by atoms with Crippen LogP contribution in [0, 0.1) is 6.92 Å². The van der Waals surface area contributed by atoms with Gasteiger partial charge in [-0.2, -0.15) is 0 Å². The molecule has 0 bridgehead atoms. The monoisotopic (exact) mass is 275 g/mol. The summed E-state index contributed by atoms with van der Waals surface area (Å²) in [6.45, 7) is 1.91. The Kier molecular flexibility index (Phi) is 4.43. The first-order valence-electron chi connectivity index (χ1n) is 5.58. The average molecular weight is 275 g/mol. The Morgan fingerprint density at radius 3 is 2.95 bits per heavy atom. The van der Waals surface area contributed by atoms with E-state index in [9.17, 15) is 4.79 Å². The highest BCUT2D eigenvalue weighted by atomic mass is 32.2. The molecule has 2 rings (SSSR count). The van der Waals surface area contributed by atoms with E-state index in [1.165, 1.54) is 11.8 Å². The van der Waals surface area contributed by atoms with Crippen LogP contribution in [0.25, 0.3) is 0 Å². The summed E-state index contributed by atoms with van der Waals surface area (Å²) < 4.78 is 0. The summed E-state index contributed by atoms with van der Waals surface area (Å²) in [5.74, 6) is 5.26. The SMILES string of the molecule is Cc1ccnc(SCc2cccc(C(=O)NN)n2)n1. The van der Waals surface area contributed by atoms with Crippen LogP contribution in [-0.2, 0) is 5.75 Å². The van der Waals surface area contributed by atoms with Crippen molar-refractivity contribution in [3.05, 3.63) is 47.5 Å². The number of aryl methyl sites for hydroxylation is 1. The second-order valence-corrected chi connectivity index (χ2v) is 4.70.